The van der Waals surface area contributed by atoms with Crippen LogP contribution in [-0.2, 0) is 0 Å². The van der Waals surface area contributed by atoms with Gasteiger partial charge in [0.15, 0.2) is 0 Å². The van der Waals surface area contributed by atoms with Gasteiger partial charge < -0.3 is 15.9 Å². The van der Waals surface area contributed by atoms with E-state index in [9.17, 15) is 10.2 Å². The first-order valence-electron chi connectivity index (χ1n) is 5.68. The van der Waals surface area contributed by atoms with Crippen LogP contribution >= 0.6 is 0 Å². The molecule has 0 saturated carbocycles. The SMILES string of the molecule is CCC(CC)C(O)C(O)c1cccnc1N. The smallest absolute Gasteiger partial charge is 0.129 e. The van der Waals surface area contributed by atoms with E-state index in [1.165, 1.54) is 0 Å². The molecule has 1 aromatic rings. The summed E-state index contributed by atoms with van der Waals surface area (Å²) in [5.41, 5.74) is 6.16. The van der Waals surface area contributed by atoms with Crippen LogP contribution in [0.15, 0.2) is 18.3 Å². The molecule has 0 aliphatic heterocycles. The number of nitrogens with zero attached hydrogens (tertiary/aromatic N) is 1. The van der Waals surface area contributed by atoms with Crippen molar-refractivity contribution in [3.63, 3.8) is 0 Å². The first kappa shape index (κ1) is 12.9. The normalized spacial score (nSPS) is 15.1. The van der Waals surface area contributed by atoms with Crippen LogP contribution in [-0.4, -0.2) is 21.3 Å². The molecular weight excluding hydrogens is 204 g/mol. The largest absolute Gasteiger partial charge is 0.390 e. The Morgan fingerprint density at radius 2 is 1.94 bits per heavy atom. The lowest BCUT2D eigenvalue weighted by molar-refractivity contribution is -0.0207. The van der Waals surface area contributed by atoms with Crippen molar-refractivity contribution in [1.82, 2.24) is 4.98 Å². The summed E-state index contributed by atoms with van der Waals surface area (Å²) in [6.07, 6.45) is 1.47. The monoisotopic (exact) mass is 224 g/mol. The quantitative estimate of drug-likeness (QED) is 0.708. The first-order valence-corrected chi connectivity index (χ1v) is 5.68. The second kappa shape index (κ2) is 5.82. The van der Waals surface area contributed by atoms with Crippen LogP contribution in [0.4, 0.5) is 5.82 Å². The Bertz CT molecular complexity index is 327. The van der Waals surface area contributed by atoms with Crippen LogP contribution < -0.4 is 5.73 Å². The van der Waals surface area contributed by atoms with E-state index < -0.39 is 12.2 Å². The van der Waals surface area contributed by atoms with E-state index in [4.69, 9.17) is 5.73 Å². The molecule has 2 unspecified atom stereocenters. The molecular formula is C12H20N2O2. The van der Waals surface area contributed by atoms with Gasteiger partial charge in [0.05, 0.1) is 6.10 Å². The summed E-state index contributed by atoms with van der Waals surface area (Å²) in [4.78, 5) is 3.90. The Balaban J connectivity index is 2.85. The van der Waals surface area contributed by atoms with E-state index >= 15 is 0 Å². The molecule has 1 heterocycles. The molecule has 0 aliphatic carbocycles. The van der Waals surface area contributed by atoms with Crippen LogP contribution in [0.2, 0.25) is 0 Å². The molecule has 0 radical (unpaired) electrons. The minimum Gasteiger partial charge on any atom is -0.390 e. The van der Waals surface area contributed by atoms with Crippen LogP contribution in [0.5, 0.6) is 0 Å². The van der Waals surface area contributed by atoms with Gasteiger partial charge in [0.1, 0.15) is 11.9 Å². The number of nitrogens with two attached hydrogens (primary N) is 1. The molecule has 0 spiro atoms. The average Bonchev–Trinajstić information content (AvgIpc) is 2.30. The standard InChI is InChI=1S/C12H20N2O2/c1-3-8(4-2)10(15)11(16)9-6-5-7-14-12(9)13/h5-8,10-11,15-16H,3-4H2,1-2H3,(H2,13,14). The second-order valence-corrected chi connectivity index (χ2v) is 3.99. The molecule has 90 valence electrons. The molecule has 1 rings (SSSR count). The fourth-order valence-electron chi connectivity index (χ4n) is 1.89. The second-order valence-electron chi connectivity index (χ2n) is 3.99. The number of hydrogen-bond donors (Lipinski definition) is 3. The van der Waals surface area contributed by atoms with Crippen molar-refractivity contribution in [3.05, 3.63) is 23.9 Å². The number of aromatic nitrogens is 1. The Hall–Kier alpha value is -1.13. The fourth-order valence-corrected chi connectivity index (χ4v) is 1.89. The predicted octanol–water partition coefficient (Wildman–Crippen LogP) is 1.49. The predicted molar refractivity (Wildman–Crippen MR) is 63.7 cm³/mol. The third-order valence-corrected chi connectivity index (χ3v) is 3.05. The minimum absolute atomic E-state index is 0.0783. The van der Waals surface area contributed by atoms with Gasteiger partial charge in [-0.3, -0.25) is 0 Å². The summed E-state index contributed by atoms with van der Waals surface area (Å²) in [7, 11) is 0. The van der Waals surface area contributed by atoms with E-state index in [2.05, 4.69) is 4.98 Å². The topological polar surface area (TPSA) is 79.4 Å². The van der Waals surface area contributed by atoms with Crippen LogP contribution in [0.1, 0.15) is 38.4 Å². The Morgan fingerprint density at radius 1 is 1.31 bits per heavy atom. The van der Waals surface area contributed by atoms with Gasteiger partial charge in [-0.1, -0.05) is 32.8 Å². The Labute approximate surface area is 96.1 Å². The van der Waals surface area contributed by atoms with Crippen LogP contribution in [0, 0.1) is 5.92 Å². The van der Waals surface area contributed by atoms with Gasteiger partial charge in [-0.2, -0.15) is 0 Å². The number of hydrogen-bond acceptors (Lipinski definition) is 4. The maximum atomic E-state index is 10.0. The van der Waals surface area contributed by atoms with Gasteiger partial charge in [-0.05, 0) is 12.0 Å². The molecule has 0 bridgehead atoms. The number of rotatable bonds is 5. The highest BCUT2D eigenvalue weighted by Gasteiger charge is 2.26. The summed E-state index contributed by atoms with van der Waals surface area (Å²) in [6, 6.07) is 3.40. The van der Waals surface area contributed by atoms with E-state index in [-0.39, 0.29) is 11.7 Å². The number of nitrogen functional groups attached to an aromatic ring is 1. The van der Waals surface area contributed by atoms with Gasteiger partial charge in [0.25, 0.3) is 0 Å². The number of aliphatic hydroxyl groups is 2. The van der Waals surface area contributed by atoms with Crippen LogP contribution in [0.25, 0.3) is 0 Å². The van der Waals surface area contributed by atoms with E-state index in [0.717, 1.165) is 12.8 Å². The third kappa shape index (κ3) is 2.71. The molecule has 0 fully saturated rings. The molecule has 0 aliphatic rings. The summed E-state index contributed by atoms with van der Waals surface area (Å²) in [6.45, 7) is 3.99. The molecule has 16 heavy (non-hydrogen) atoms. The molecule has 0 amide bonds. The summed E-state index contributed by atoms with van der Waals surface area (Å²) < 4.78 is 0. The molecule has 4 heteroatoms. The highest BCUT2D eigenvalue weighted by Crippen LogP contribution is 2.27. The molecule has 1 aromatic heterocycles. The van der Waals surface area contributed by atoms with Crippen molar-refractivity contribution in [2.75, 3.05) is 5.73 Å². The van der Waals surface area contributed by atoms with Crippen molar-refractivity contribution in [3.8, 4) is 0 Å². The highest BCUT2D eigenvalue weighted by atomic mass is 16.3. The van der Waals surface area contributed by atoms with Crippen molar-refractivity contribution in [1.29, 1.82) is 0 Å². The average molecular weight is 224 g/mol. The van der Waals surface area contributed by atoms with Crippen molar-refractivity contribution in [2.45, 2.75) is 38.9 Å². The van der Waals surface area contributed by atoms with Gasteiger partial charge in [-0.25, -0.2) is 4.98 Å². The zero-order chi connectivity index (χ0) is 12.1. The van der Waals surface area contributed by atoms with Gasteiger partial charge in [0, 0.05) is 11.8 Å². The van der Waals surface area contributed by atoms with Crippen LogP contribution in [0.3, 0.4) is 0 Å². The van der Waals surface area contributed by atoms with Gasteiger partial charge >= 0.3 is 0 Å². The van der Waals surface area contributed by atoms with E-state index in [0.29, 0.717) is 5.56 Å². The number of aliphatic hydroxyl groups excluding tert-OH is 2. The maximum absolute atomic E-state index is 10.0. The Morgan fingerprint density at radius 3 is 2.44 bits per heavy atom. The summed E-state index contributed by atoms with van der Waals surface area (Å²) >= 11 is 0. The van der Waals surface area contributed by atoms with Crippen molar-refractivity contribution in [2.24, 2.45) is 5.92 Å². The van der Waals surface area contributed by atoms with E-state index in [1.807, 2.05) is 13.8 Å². The number of pyridine rings is 1. The lowest BCUT2D eigenvalue weighted by atomic mass is 9.90. The summed E-state index contributed by atoms with van der Waals surface area (Å²) in [5.74, 6) is 0.356. The lowest BCUT2D eigenvalue weighted by Crippen LogP contribution is -2.27. The van der Waals surface area contributed by atoms with E-state index in [1.54, 1.807) is 18.3 Å². The first-order chi connectivity index (χ1) is 7.61. The molecule has 4 nitrogen and oxygen atoms in total. The van der Waals surface area contributed by atoms with Crippen molar-refractivity contribution >= 4 is 5.82 Å². The molecule has 4 N–H and O–H groups in total. The lowest BCUT2D eigenvalue weighted by Gasteiger charge is -2.25. The molecule has 0 saturated heterocycles. The minimum atomic E-state index is -0.960. The maximum Gasteiger partial charge on any atom is 0.129 e. The Kier molecular flexibility index (Phi) is 4.71. The van der Waals surface area contributed by atoms with Gasteiger partial charge in [0.2, 0.25) is 0 Å². The fraction of sp³-hybridized carbons (Fsp3) is 0.583. The van der Waals surface area contributed by atoms with Crippen molar-refractivity contribution < 1.29 is 10.2 Å². The molecule has 2 atom stereocenters. The van der Waals surface area contributed by atoms with Gasteiger partial charge in [-0.15, -0.1) is 0 Å². The third-order valence-electron chi connectivity index (χ3n) is 3.05. The number of anilines is 1. The zero-order valence-electron chi connectivity index (χ0n) is 9.80. The summed E-state index contributed by atoms with van der Waals surface area (Å²) in [5, 5.41) is 20.1. The zero-order valence-corrected chi connectivity index (χ0v) is 9.80. The highest BCUT2D eigenvalue weighted by molar-refractivity contribution is 5.40. The molecule has 0 aromatic carbocycles.